The van der Waals surface area contributed by atoms with Gasteiger partial charge in [-0.2, -0.15) is 0 Å². The zero-order chi connectivity index (χ0) is 17.5. The highest BCUT2D eigenvalue weighted by molar-refractivity contribution is 7.89. The van der Waals surface area contributed by atoms with E-state index in [1.165, 1.54) is 16.7 Å². The summed E-state index contributed by atoms with van der Waals surface area (Å²) < 4.78 is 35.6. The van der Waals surface area contributed by atoms with Gasteiger partial charge in [-0.05, 0) is 13.0 Å². The van der Waals surface area contributed by atoms with Gasteiger partial charge in [0.25, 0.3) is 0 Å². The first kappa shape index (κ1) is 16.7. The minimum atomic E-state index is -3.89. The van der Waals surface area contributed by atoms with Crippen molar-refractivity contribution in [3.8, 4) is 0 Å². The van der Waals surface area contributed by atoms with Crippen LogP contribution in [0.2, 0.25) is 5.02 Å². The highest BCUT2D eigenvalue weighted by Gasteiger charge is 2.22. The van der Waals surface area contributed by atoms with Gasteiger partial charge in [-0.25, -0.2) is 22.9 Å². The second-order valence-corrected chi connectivity index (χ2v) is 7.28. The number of oxazole rings is 1. The summed E-state index contributed by atoms with van der Waals surface area (Å²) in [4.78, 5) is 15.6. The van der Waals surface area contributed by atoms with Crippen molar-refractivity contribution >= 4 is 32.7 Å². The molecule has 0 radical (unpaired) electrons. The Labute approximate surface area is 142 Å². The molecule has 8 nitrogen and oxygen atoms in total. The molecule has 10 heteroatoms. The molecule has 0 saturated carbocycles. The minimum absolute atomic E-state index is 0.0119. The number of nitrogens with zero attached hydrogens (tertiary/aromatic N) is 3. The Hall–Kier alpha value is -2.10. The van der Waals surface area contributed by atoms with Gasteiger partial charge < -0.3 is 8.98 Å². The number of halogens is 1. The number of aromatic nitrogens is 3. The molecular formula is C14H15ClN4O4S. The number of benzene rings is 1. The van der Waals surface area contributed by atoms with Crippen molar-refractivity contribution in [3.05, 3.63) is 45.9 Å². The van der Waals surface area contributed by atoms with Crippen molar-refractivity contribution in [1.29, 1.82) is 0 Å². The topological polar surface area (TPSA) is 99.1 Å². The molecule has 3 aromatic rings. The third-order valence-corrected chi connectivity index (χ3v) is 5.53. The number of aryl methyl sites for hydroxylation is 2. The Morgan fingerprint density at radius 3 is 2.75 bits per heavy atom. The Kier molecular flexibility index (Phi) is 4.24. The van der Waals surface area contributed by atoms with Crippen molar-refractivity contribution in [1.82, 2.24) is 18.8 Å². The highest BCUT2D eigenvalue weighted by atomic mass is 35.5. The number of sulfonamides is 1. The molecule has 0 saturated heterocycles. The zero-order valence-corrected chi connectivity index (χ0v) is 14.6. The fourth-order valence-electron chi connectivity index (χ4n) is 2.37. The molecule has 3 rings (SSSR count). The number of hydrogen-bond acceptors (Lipinski definition) is 5. The molecule has 1 N–H and O–H groups in total. The van der Waals surface area contributed by atoms with Crippen LogP contribution in [0.1, 0.15) is 12.7 Å². The minimum Gasteiger partial charge on any atom is -0.408 e. The number of imidazole rings is 1. The van der Waals surface area contributed by atoms with E-state index in [9.17, 15) is 13.2 Å². The highest BCUT2D eigenvalue weighted by Crippen LogP contribution is 2.27. The molecule has 0 aliphatic rings. The fraction of sp³-hybridized carbons (Fsp3) is 0.286. The van der Waals surface area contributed by atoms with Gasteiger partial charge in [0.2, 0.25) is 10.0 Å². The lowest BCUT2D eigenvalue weighted by Gasteiger charge is -2.08. The first-order chi connectivity index (χ1) is 11.3. The molecule has 0 amide bonds. The van der Waals surface area contributed by atoms with E-state index in [4.69, 9.17) is 16.0 Å². The third-order valence-electron chi connectivity index (χ3n) is 3.67. The van der Waals surface area contributed by atoms with Gasteiger partial charge in [-0.15, -0.1) is 0 Å². The molecule has 128 valence electrons. The molecule has 0 spiro atoms. The first-order valence-electron chi connectivity index (χ1n) is 7.12. The summed E-state index contributed by atoms with van der Waals surface area (Å²) in [7, 11) is -2.13. The maximum atomic E-state index is 12.5. The van der Waals surface area contributed by atoms with E-state index in [2.05, 4.69) is 9.71 Å². The molecular weight excluding hydrogens is 356 g/mol. The van der Waals surface area contributed by atoms with Crippen LogP contribution in [0.25, 0.3) is 11.1 Å². The first-order valence-corrected chi connectivity index (χ1v) is 8.98. The lowest BCUT2D eigenvalue weighted by Crippen LogP contribution is -2.25. The van der Waals surface area contributed by atoms with Crippen LogP contribution in [0.4, 0.5) is 0 Å². The van der Waals surface area contributed by atoms with Gasteiger partial charge in [0.1, 0.15) is 10.7 Å². The van der Waals surface area contributed by atoms with Crippen molar-refractivity contribution in [3.63, 3.8) is 0 Å². The Morgan fingerprint density at radius 1 is 1.38 bits per heavy atom. The normalized spacial score (nSPS) is 12.1. The largest absolute Gasteiger partial charge is 0.419 e. The summed E-state index contributed by atoms with van der Waals surface area (Å²) in [6.07, 6.45) is 3.29. The Balaban J connectivity index is 2.00. The smallest absolute Gasteiger partial charge is 0.408 e. The van der Waals surface area contributed by atoms with Crippen LogP contribution < -0.4 is 10.5 Å². The molecule has 0 unspecified atom stereocenters. The number of rotatable bonds is 5. The lowest BCUT2D eigenvalue weighted by molar-refractivity contribution is 0.512. The van der Waals surface area contributed by atoms with Crippen LogP contribution in [0, 0.1) is 0 Å². The van der Waals surface area contributed by atoms with Crippen LogP contribution in [0.3, 0.4) is 0 Å². The van der Waals surface area contributed by atoms with E-state index in [1.54, 1.807) is 30.9 Å². The molecule has 2 aromatic heterocycles. The Morgan fingerprint density at radius 2 is 2.12 bits per heavy atom. The summed E-state index contributed by atoms with van der Waals surface area (Å²) in [5.41, 5.74) is 0.624. The average Bonchev–Trinajstić information content (AvgIpc) is 3.06. The zero-order valence-electron chi connectivity index (χ0n) is 13.0. The summed E-state index contributed by atoms with van der Waals surface area (Å²) in [6, 6.07) is 2.67. The maximum Gasteiger partial charge on any atom is 0.419 e. The van der Waals surface area contributed by atoms with E-state index >= 15 is 0 Å². The van der Waals surface area contributed by atoms with Gasteiger partial charge >= 0.3 is 5.76 Å². The molecule has 0 atom stereocenters. The predicted octanol–water partition coefficient (Wildman–Crippen LogP) is 1.48. The van der Waals surface area contributed by atoms with Crippen molar-refractivity contribution < 1.29 is 12.8 Å². The number of nitrogens with one attached hydrogen (secondary N) is 1. The quantitative estimate of drug-likeness (QED) is 0.733. The van der Waals surface area contributed by atoms with Gasteiger partial charge in [0, 0.05) is 32.1 Å². The van der Waals surface area contributed by atoms with Crippen LogP contribution >= 0.6 is 11.6 Å². The SMILES string of the molecule is CCn1c(=O)oc2cc(S(=O)(=O)NCc3nccn3C)c(Cl)cc21. The lowest BCUT2D eigenvalue weighted by atomic mass is 10.3. The summed E-state index contributed by atoms with van der Waals surface area (Å²) in [5, 5.41) is 0.0119. The van der Waals surface area contributed by atoms with E-state index in [1.807, 2.05) is 0 Å². The molecule has 0 bridgehead atoms. The second kappa shape index (κ2) is 6.08. The molecule has 24 heavy (non-hydrogen) atoms. The molecule has 0 fully saturated rings. The maximum absolute atomic E-state index is 12.5. The predicted molar refractivity (Wildman–Crippen MR) is 88.4 cm³/mol. The van der Waals surface area contributed by atoms with Crippen LogP contribution in [0.15, 0.2) is 38.6 Å². The van der Waals surface area contributed by atoms with Crippen LogP contribution in [-0.2, 0) is 30.2 Å². The number of hydrogen-bond donors (Lipinski definition) is 1. The summed E-state index contributed by atoms with van der Waals surface area (Å²) in [6.45, 7) is 2.19. The van der Waals surface area contributed by atoms with Gasteiger partial charge in [-0.3, -0.25) is 4.57 Å². The summed E-state index contributed by atoms with van der Waals surface area (Å²) in [5.74, 6) is -0.00136. The van der Waals surface area contributed by atoms with E-state index in [0.717, 1.165) is 0 Å². The van der Waals surface area contributed by atoms with E-state index in [0.29, 0.717) is 17.9 Å². The van der Waals surface area contributed by atoms with E-state index in [-0.39, 0.29) is 22.0 Å². The monoisotopic (exact) mass is 370 g/mol. The van der Waals surface area contributed by atoms with Crippen LogP contribution in [-0.4, -0.2) is 22.5 Å². The van der Waals surface area contributed by atoms with Crippen molar-refractivity contribution in [2.24, 2.45) is 7.05 Å². The van der Waals surface area contributed by atoms with Gasteiger partial charge in [0.15, 0.2) is 5.58 Å². The standard InChI is InChI=1S/C14H15ClN4O4S/c1-3-19-10-6-9(15)12(7-11(10)23-14(19)20)24(21,22)17-8-13-16-4-5-18(13)2/h4-7,17H,3,8H2,1-2H3. The fourth-order valence-corrected chi connectivity index (χ4v) is 3.89. The Bertz CT molecular complexity index is 1060. The molecule has 2 heterocycles. The van der Waals surface area contributed by atoms with Gasteiger partial charge in [0.05, 0.1) is 17.1 Å². The summed E-state index contributed by atoms with van der Waals surface area (Å²) >= 11 is 6.12. The molecule has 1 aromatic carbocycles. The third kappa shape index (κ3) is 2.85. The van der Waals surface area contributed by atoms with Crippen molar-refractivity contribution in [2.45, 2.75) is 24.9 Å². The second-order valence-electron chi connectivity index (χ2n) is 5.14. The van der Waals surface area contributed by atoms with Crippen molar-refractivity contribution in [2.75, 3.05) is 0 Å². The van der Waals surface area contributed by atoms with Gasteiger partial charge in [-0.1, -0.05) is 11.6 Å². The van der Waals surface area contributed by atoms with E-state index < -0.39 is 15.8 Å². The number of fused-ring (bicyclic) bond motifs is 1. The average molecular weight is 371 g/mol. The molecule has 0 aliphatic carbocycles. The molecule has 0 aliphatic heterocycles. The van der Waals surface area contributed by atoms with Crippen LogP contribution in [0.5, 0.6) is 0 Å².